The molecular weight excluding hydrogens is 351 g/mol. The molecule has 0 saturated carbocycles. The van der Waals surface area contributed by atoms with E-state index in [1.54, 1.807) is 0 Å². The van der Waals surface area contributed by atoms with E-state index >= 15 is 0 Å². The highest BCUT2D eigenvalue weighted by Crippen LogP contribution is 2.44. The van der Waals surface area contributed by atoms with Crippen molar-refractivity contribution in [3.63, 3.8) is 0 Å². The first-order chi connectivity index (χ1) is 10.6. The lowest BCUT2D eigenvalue weighted by Crippen LogP contribution is -2.13. The summed E-state index contributed by atoms with van der Waals surface area (Å²) in [5.74, 6) is -14.6. The van der Waals surface area contributed by atoms with Crippen LogP contribution in [0.4, 0.5) is 26.3 Å². The van der Waals surface area contributed by atoms with Gasteiger partial charge in [0.15, 0.2) is 0 Å². The lowest BCUT2D eigenvalue weighted by atomic mass is 10.3. The molecule has 0 fully saturated rings. The smallest absolute Gasteiger partial charge is 0.405 e. The largest absolute Gasteiger partial charge is 0.510 e. The fourth-order valence-electron chi connectivity index (χ4n) is 1.45. The molecule has 0 aliphatic heterocycles. The predicted octanol–water partition coefficient (Wildman–Crippen LogP) is 4.05. The Morgan fingerprint density at radius 3 is 1.65 bits per heavy atom. The Morgan fingerprint density at radius 2 is 1.17 bits per heavy atom. The molecule has 0 heterocycles. The number of halogens is 6. The number of nitrogens with two attached hydrogens (primary N) is 1. The summed E-state index contributed by atoms with van der Waals surface area (Å²) in [6.07, 6.45) is 0. The summed E-state index contributed by atoms with van der Waals surface area (Å²) in [7, 11) is -4.82. The van der Waals surface area contributed by atoms with Crippen LogP contribution in [0.1, 0.15) is 0 Å². The van der Waals surface area contributed by atoms with Crippen molar-refractivity contribution in [1.82, 2.24) is 0 Å². The van der Waals surface area contributed by atoms with Gasteiger partial charge in [-0.3, -0.25) is 0 Å². The molecule has 0 saturated heterocycles. The quantitative estimate of drug-likeness (QED) is 0.388. The van der Waals surface area contributed by atoms with Gasteiger partial charge in [0.05, 0.1) is 0 Å². The van der Waals surface area contributed by atoms with Crippen LogP contribution in [-0.2, 0) is 4.57 Å². The summed E-state index contributed by atoms with van der Waals surface area (Å²) in [6.45, 7) is 0. The van der Waals surface area contributed by atoms with Crippen molar-refractivity contribution in [2.45, 2.75) is 0 Å². The maximum absolute atomic E-state index is 13.4. The molecule has 1 unspecified atom stereocenters. The molecule has 0 aromatic heterocycles. The fourth-order valence-corrected chi connectivity index (χ4v) is 2.32. The van der Waals surface area contributed by atoms with Crippen LogP contribution in [0.5, 0.6) is 11.5 Å². The second-order valence-electron chi connectivity index (χ2n) is 4.08. The minimum absolute atomic E-state index is 0.318. The summed E-state index contributed by atoms with van der Waals surface area (Å²) in [5, 5.41) is 0. The lowest BCUT2D eigenvalue weighted by Gasteiger charge is -2.16. The van der Waals surface area contributed by atoms with Crippen molar-refractivity contribution in [2.24, 2.45) is 5.50 Å². The number of rotatable bonds is 4. The Bertz CT molecular complexity index is 769. The van der Waals surface area contributed by atoms with E-state index in [1.807, 2.05) is 0 Å². The van der Waals surface area contributed by atoms with Crippen molar-refractivity contribution in [1.29, 1.82) is 0 Å². The van der Waals surface area contributed by atoms with Crippen LogP contribution in [0.15, 0.2) is 24.3 Å². The van der Waals surface area contributed by atoms with Crippen LogP contribution in [0.25, 0.3) is 0 Å². The predicted molar refractivity (Wildman–Crippen MR) is 65.7 cm³/mol. The van der Waals surface area contributed by atoms with Gasteiger partial charge in [-0.05, 0) is 24.3 Å². The molecule has 0 radical (unpaired) electrons. The first-order valence-corrected chi connectivity index (χ1v) is 7.28. The number of hydrogen-bond donors (Lipinski definition) is 1. The highest BCUT2D eigenvalue weighted by atomic mass is 31.2. The third-order valence-electron chi connectivity index (χ3n) is 2.43. The van der Waals surface area contributed by atoms with E-state index in [0.717, 1.165) is 24.3 Å². The molecular formula is C12H6F6NO3P. The summed E-state index contributed by atoms with van der Waals surface area (Å²) in [4.78, 5) is 0. The lowest BCUT2D eigenvalue weighted by molar-refractivity contribution is 0.326. The van der Waals surface area contributed by atoms with Crippen LogP contribution < -0.4 is 14.6 Å². The molecule has 124 valence electrons. The molecule has 2 aromatic carbocycles. The molecule has 0 aliphatic rings. The van der Waals surface area contributed by atoms with Crippen LogP contribution in [0, 0.1) is 34.9 Å². The second-order valence-corrected chi connectivity index (χ2v) is 5.52. The Kier molecular flexibility index (Phi) is 4.58. The third-order valence-corrected chi connectivity index (χ3v) is 3.34. The molecule has 2 N–H and O–H groups in total. The van der Waals surface area contributed by atoms with Gasteiger partial charge in [-0.25, -0.2) is 27.6 Å². The minimum atomic E-state index is -4.82. The molecule has 2 rings (SSSR count). The Labute approximate surface area is 125 Å². The molecule has 11 heteroatoms. The molecule has 0 amide bonds. The maximum Gasteiger partial charge on any atom is 0.510 e. The van der Waals surface area contributed by atoms with Crippen molar-refractivity contribution in [3.05, 3.63) is 59.2 Å². The maximum atomic E-state index is 13.4. The van der Waals surface area contributed by atoms with Crippen molar-refractivity contribution in [3.8, 4) is 11.5 Å². The standard InChI is InChI=1S/C12H6F6NO3P/c13-5-1-3-6(4-2-5)21-23(19,20)22-12-10(17)8(15)7(14)9(16)11(12)18/h1-4H,(H2,19,20). The zero-order chi connectivity index (χ0) is 17.4. The summed E-state index contributed by atoms with van der Waals surface area (Å²) in [5.41, 5.74) is 5.04. The number of benzene rings is 2. The molecule has 0 bridgehead atoms. The minimum Gasteiger partial charge on any atom is -0.405 e. The molecule has 1 atom stereocenters. The average molecular weight is 357 g/mol. The van der Waals surface area contributed by atoms with Gasteiger partial charge in [-0.1, -0.05) is 0 Å². The summed E-state index contributed by atoms with van der Waals surface area (Å²) in [6, 6.07) is 3.68. The zero-order valence-corrected chi connectivity index (χ0v) is 11.7. The van der Waals surface area contributed by atoms with Gasteiger partial charge in [0, 0.05) is 0 Å². The van der Waals surface area contributed by atoms with Gasteiger partial charge in [-0.2, -0.15) is 8.78 Å². The second kappa shape index (κ2) is 6.13. The zero-order valence-electron chi connectivity index (χ0n) is 10.8. The Morgan fingerprint density at radius 1 is 0.739 bits per heavy atom. The first kappa shape index (κ1) is 17.2. The summed E-state index contributed by atoms with van der Waals surface area (Å²) < 4.78 is 98.8. The highest BCUT2D eigenvalue weighted by molar-refractivity contribution is 7.52. The van der Waals surface area contributed by atoms with Gasteiger partial charge >= 0.3 is 7.75 Å². The van der Waals surface area contributed by atoms with E-state index < -0.39 is 48.4 Å². The van der Waals surface area contributed by atoms with Gasteiger partial charge in [0.2, 0.25) is 34.8 Å². The highest BCUT2D eigenvalue weighted by Gasteiger charge is 2.32. The molecule has 0 spiro atoms. The van der Waals surface area contributed by atoms with E-state index in [-0.39, 0.29) is 5.75 Å². The third kappa shape index (κ3) is 3.59. The van der Waals surface area contributed by atoms with Gasteiger partial charge in [0.1, 0.15) is 11.6 Å². The van der Waals surface area contributed by atoms with E-state index in [2.05, 4.69) is 9.05 Å². The molecule has 0 aliphatic carbocycles. The monoisotopic (exact) mass is 357 g/mol. The van der Waals surface area contributed by atoms with E-state index in [0.29, 0.717) is 0 Å². The number of hydrogen-bond acceptors (Lipinski definition) is 3. The first-order valence-electron chi connectivity index (χ1n) is 5.67. The Hall–Kier alpha value is -2.19. The normalized spacial score (nSPS) is 13.5. The fraction of sp³-hybridized carbons (Fsp3) is 0. The average Bonchev–Trinajstić information content (AvgIpc) is 2.50. The molecule has 2 aromatic rings. The molecule has 23 heavy (non-hydrogen) atoms. The van der Waals surface area contributed by atoms with Crippen LogP contribution in [0.3, 0.4) is 0 Å². The van der Waals surface area contributed by atoms with E-state index in [1.165, 1.54) is 0 Å². The Balaban J connectivity index is 2.34. The van der Waals surface area contributed by atoms with Gasteiger partial charge in [-0.15, -0.1) is 0 Å². The topological polar surface area (TPSA) is 61.6 Å². The van der Waals surface area contributed by atoms with Crippen LogP contribution in [-0.4, -0.2) is 0 Å². The molecule has 4 nitrogen and oxygen atoms in total. The van der Waals surface area contributed by atoms with Crippen molar-refractivity contribution in [2.75, 3.05) is 0 Å². The van der Waals surface area contributed by atoms with E-state index in [4.69, 9.17) is 5.50 Å². The van der Waals surface area contributed by atoms with Crippen LogP contribution >= 0.6 is 7.75 Å². The van der Waals surface area contributed by atoms with E-state index in [9.17, 15) is 30.9 Å². The van der Waals surface area contributed by atoms with Crippen molar-refractivity contribution >= 4 is 7.75 Å². The van der Waals surface area contributed by atoms with Crippen molar-refractivity contribution < 1.29 is 40.0 Å². The van der Waals surface area contributed by atoms with Gasteiger partial charge in [0.25, 0.3) is 0 Å². The SMILES string of the molecule is NP(=O)(Oc1ccc(F)cc1)Oc1c(F)c(F)c(F)c(F)c1F. The summed E-state index contributed by atoms with van der Waals surface area (Å²) >= 11 is 0. The van der Waals surface area contributed by atoms with Gasteiger partial charge < -0.3 is 9.05 Å². The van der Waals surface area contributed by atoms with Crippen LogP contribution in [0.2, 0.25) is 0 Å².